The standard InChI is InChI=1S/C12H18O3/c1-3-8-12(14)9-6-4-5-7-10-15-11(2)13/h3-5,7-8,10H2,1-2H3. The molecule has 0 bridgehead atoms. The van der Waals surface area contributed by atoms with Crippen LogP contribution in [0.2, 0.25) is 0 Å². The highest BCUT2D eigenvalue weighted by Gasteiger charge is 1.93. The van der Waals surface area contributed by atoms with E-state index >= 15 is 0 Å². The summed E-state index contributed by atoms with van der Waals surface area (Å²) in [5.41, 5.74) is 0. The van der Waals surface area contributed by atoms with Crippen molar-refractivity contribution >= 4 is 11.8 Å². The van der Waals surface area contributed by atoms with Crippen molar-refractivity contribution in [2.75, 3.05) is 6.61 Å². The molecule has 0 spiro atoms. The third-order valence-electron chi connectivity index (χ3n) is 1.71. The van der Waals surface area contributed by atoms with Crippen LogP contribution in [0, 0.1) is 11.8 Å². The van der Waals surface area contributed by atoms with E-state index in [-0.39, 0.29) is 11.8 Å². The molecule has 0 aromatic rings. The number of Topliss-reactive ketones (excluding diaryl/α,β-unsaturated/α-hetero) is 1. The monoisotopic (exact) mass is 210 g/mol. The van der Waals surface area contributed by atoms with Crippen LogP contribution in [0.4, 0.5) is 0 Å². The normalized spacial score (nSPS) is 8.93. The van der Waals surface area contributed by atoms with Gasteiger partial charge in [-0.1, -0.05) is 12.8 Å². The molecule has 0 saturated carbocycles. The van der Waals surface area contributed by atoms with Gasteiger partial charge in [-0.2, -0.15) is 0 Å². The van der Waals surface area contributed by atoms with E-state index in [1.54, 1.807) is 0 Å². The highest BCUT2D eigenvalue weighted by molar-refractivity contribution is 5.95. The van der Waals surface area contributed by atoms with Gasteiger partial charge in [0.05, 0.1) is 6.61 Å². The fourth-order valence-electron chi connectivity index (χ4n) is 0.982. The van der Waals surface area contributed by atoms with Crippen molar-refractivity contribution in [3.05, 3.63) is 0 Å². The Morgan fingerprint density at radius 1 is 1.27 bits per heavy atom. The molecule has 0 fully saturated rings. The summed E-state index contributed by atoms with van der Waals surface area (Å²) in [5.74, 6) is 5.17. The Bertz CT molecular complexity index is 258. The van der Waals surface area contributed by atoms with Crippen LogP contribution >= 0.6 is 0 Å². The third-order valence-corrected chi connectivity index (χ3v) is 1.71. The van der Waals surface area contributed by atoms with Crippen molar-refractivity contribution in [3.63, 3.8) is 0 Å². The average molecular weight is 210 g/mol. The minimum atomic E-state index is -0.251. The Labute approximate surface area is 91.2 Å². The number of hydrogen-bond acceptors (Lipinski definition) is 3. The summed E-state index contributed by atoms with van der Waals surface area (Å²) in [7, 11) is 0. The van der Waals surface area contributed by atoms with Gasteiger partial charge in [0, 0.05) is 19.8 Å². The second-order valence-electron chi connectivity index (χ2n) is 3.27. The maximum absolute atomic E-state index is 11.0. The van der Waals surface area contributed by atoms with Crippen LogP contribution in [0.25, 0.3) is 0 Å². The van der Waals surface area contributed by atoms with E-state index in [0.29, 0.717) is 19.4 Å². The van der Waals surface area contributed by atoms with Gasteiger partial charge in [-0.15, -0.1) is 0 Å². The van der Waals surface area contributed by atoms with Gasteiger partial charge < -0.3 is 4.74 Å². The fourth-order valence-corrected chi connectivity index (χ4v) is 0.982. The molecule has 0 aliphatic heterocycles. The third kappa shape index (κ3) is 10.6. The van der Waals surface area contributed by atoms with Crippen LogP contribution < -0.4 is 0 Å². The van der Waals surface area contributed by atoms with Crippen LogP contribution in [0.5, 0.6) is 0 Å². The molecule has 0 rings (SSSR count). The number of hydrogen-bond donors (Lipinski definition) is 0. The van der Waals surface area contributed by atoms with Crippen LogP contribution in [-0.2, 0) is 14.3 Å². The zero-order valence-corrected chi connectivity index (χ0v) is 9.47. The van der Waals surface area contributed by atoms with E-state index in [4.69, 9.17) is 4.74 Å². The molecule has 0 unspecified atom stereocenters. The lowest BCUT2D eigenvalue weighted by Gasteiger charge is -1.98. The number of unbranched alkanes of at least 4 members (excludes halogenated alkanes) is 2. The van der Waals surface area contributed by atoms with E-state index in [0.717, 1.165) is 19.3 Å². The predicted octanol–water partition coefficient (Wildman–Crippen LogP) is 2.09. The molecule has 0 heterocycles. The van der Waals surface area contributed by atoms with Crippen molar-refractivity contribution in [1.82, 2.24) is 0 Å². The first-order valence-corrected chi connectivity index (χ1v) is 5.32. The molecule has 0 aromatic carbocycles. The molecule has 0 saturated heterocycles. The lowest BCUT2D eigenvalue weighted by molar-refractivity contribution is -0.141. The Morgan fingerprint density at radius 3 is 2.60 bits per heavy atom. The molecular weight excluding hydrogens is 192 g/mol. The largest absolute Gasteiger partial charge is 0.466 e. The lowest BCUT2D eigenvalue weighted by Crippen LogP contribution is -1.99. The second-order valence-corrected chi connectivity index (χ2v) is 3.27. The van der Waals surface area contributed by atoms with Crippen LogP contribution in [0.15, 0.2) is 0 Å². The molecule has 0 atom stereocenters. The molecule has 15 heavy (non-hydrogen) atoms. The average Bonchev–Trinajstić information content (AvgIpc) is 2.16. The Balaban J connectivity index is 3.37. The van der Waals surface area contributed by atoms with Crippen molar-refractivity contribution in [3.8, 4) is 11.8 Å². The molecule has 0 N–H and O–H groups in total. The Hall–Kier alpha value is -1.30. The first-order valence-electron chi connectivity index (χ1n) is 5.32. The summed E-state index contributed by atoms with van der Waals surface area (Å²) < 4.78 is 4.75. The maximum Gasteiger partial charge on any atom is 0.302 e. The first-order chi connectivity index (χ1) is 7.16. The summed E-state index contributed by atoms with van der Waals surface area (Å²) in [6, 6.07) is 0. The fraction of sp³-hybridized carbons (Fsp3) is 0.667. The smallest absolute Gasteiger partial charge is 0.302 e. The molecule has 0 radical (unpaired) electrons. The number of rotatable bonds is 6. The number of esters is 1. The number of carbonyl (C=O) groups excluding carboxylic acids is 2. The molecule has 0 aromatic heterocycles. The van der Waals surface area contributed by atoms with E-state index < -0.39 is 0 Å². The van der Waals surface area contributed by atoms with Crippen molar-refractivity contribution in [2.24, 2.45) is 0 Å². The lowest BCUT2D eigenvalue weighted by atomic mass is 10.2. The Morgan fingerprint density at radius 2 is 2.00 bits per heavy atom. The predicted molar refractivity (Wildman–Crippen MR) is 58.2 cm³/mol. The number of ether oxygens (including phenoxy) is 1. The molecule has 3 nitrogen and oxygen atoms in total. The molecular formula is C12H18O3. The van der Waals surface area contributed by atoms with Crippen LogP contribution in [-0.4, -0.2) is 18.4 Å². The number of ketones is 1. The van der Waals surface area contributed by atoms with Gasteiger partial charge in [-0.3, -0.25) is 9.59 Å². The first kappa shape index (κ1) is 13.7. The highest BCUT2D eigenvalue weighted by atomic mass is 16.5. The molecule has 0 aliphatic carbocycles. The minimum Gasteiger partial charge on any atom is -0.466 e. The van der Waals surface area contributed by atoms with Gasteiger partial charge >= 0.3 is 5.97 Å². The zero-order valence-electron chi connectivity index (χ0n) is 9.47. The van der Waals surface area contributed by atoms with E-state index in [2.05, 4.69) is 11.8 Å². The molecule has 84 valence electrons. The highest BCUT2D eigenvalue weighted by Crippen LogP contribution is 1.95. The van der Waals surface area contributed by atoms with Crippen molar-refractivity contribution in [1.29, 1.82) is 0 Å². The quantitative estimate of drug-likeness (QED) is 0.292. The summed E-state index contributed by atoms with van der Waals surface area (Å²) in [6.07, 6.45) is 3.74. The summed E-state index contributed by atoms with van der Waals surface area (Å²) in [4.78, 5) is 21.4. The SMILES string of the molecule is CCCC(=O)C#CCCCCOC(C)=O. The molecule has 0 amide bonds. The van der Waals surface area contributed by atoms with Crippen LogP contribution in [0.1, 0.15) is 46.0 Å². The molecule has 0 aliphatic rings. The van der Waals surface area contributed by atoms with Crippen molar-refractivity contribution < 1.29 is 14.3 Å². The van der Waals surface area contributed by atoms with E-state index in [1.165, 1.54) is 6.92 Å². The Kier molecular flexibility index (Phi) is 8.46. The van der Waals surface area contributed by atoms with Gasteiger partial charge in [0.2, 0.25) is 5.78 Å². The van der Waals surface area contributed by atoms with Crippen LogP contribution in [0.3, 0.4) is 0 Å². The summed E-state index contributed by atoms with van der Waals surface area (Å²) in [5, 5.41) is 0. The van der Waals surface area contributed by atoms with Gasteiger partial charge in [0.1, 0.15) is 0 Å². The summed E-state index contributed by atoms with van der Waals surface area (Å²) in [6.45, 7) is 3.79. The maximum atomic E-state index is 11.0. The van der Waals surface area contributed by atoms with E-state index in [1.807, 2.05) is 6.92 Å². The summed E-state index contributed by atoms with van der Waals surface area (Å²) >= 11 is 0. The van der Waals surface area contributed by atoms with Gasteiger partial charge in [0.15, 0.2) is 0 Å². The molecule has 3 heteroatoms. The van der Waals surface area contributed by atoms with E-state index in [9.17, 15) is 9.59 Å². The second kappa shape index (κ2) is 9.26. The zero-order chi connectivity index (χ0) is 11.5. The minimum absolute atomic E-state index is 0.0116. The van der Waals surface area contributed by atoms with Gasteiger partial charge in [-0.25, -0.2) is 0 Å². The topological polar surface area (TPSA) is 43.4 Å². The number of carbonyl (C=O) groups is 2. The van der Waals surface area contributed by atoms with Crippen molar-refractivity contribution in [2.45, 2.75) is 46.0 Å². The van der Waals surface area contributed by atoms with Gasteiger partial charge in [0.25, 0.3) is 0 Å². The van der Waals surface area contributed by atoms with Gasteiger partial charge in [-0.05, 0) is 25.2 Å².